The van der Waals surface area contributed by atoms with E-state index in [1.807, 2.05) is 0 Å². The highest BCUT2D eigenvalue weighted by Gasteiger charge is 2.48. The van der Waals surface area contributed by atoms with Crippen molar-refractivity contribution in [1.29, 1.82) is 0 Å². The summed E-state index contributed by atoms with van der Waals surface area (Å²) >= 11 is 0. The highest BCUT2D eigenvalue weighted by atomic mass is 19.4. The summed E-state index contributed by atoms with van der Waals surface area (Å²) in [7, 11) is 0. The first-order valence-electron chi connectivity index (χ1n) is 4.86. The smallest absolute Gasteiger partial charge is 0.394 e. The van der Waals surface area contributed by atoms with Gasteiger partial charge in [0.2, 0.25) is 0 Å². The van der Waals surface area contributed by atoms with E-state index >= 15 is 0 Å². The van der Waals surface area contributed by atoms with Gasteiger partial charge in [-0.15, -0.1) is 0 Å². The van der Waals surface area contributed by atoms with E-state index in [0.29, 0.717) is 0 Å². The fraction of sp³-hybridized carbons (Fsp3) is 0.875. The van der Waals surface area contributed by atoms with Crippen molar-refractivity contribution in [2.24, 2.45) is 0 Å². The zero-order valence-corrected chi connectivity index (χ0v) is 8.83. The van der Waals surface area contributed by atoms with Crippen molar-refractivity contribution in [3.05, 3.63) is 0 Å². The molecule has 106 valence electrons. The van der Waals surface area contributed by atoms with Gasteiger partial charge in [0.25, 0.3) is 0 Å². The molecule has 1 amide bonds. The molecule has 0 bridgehead atoms. The molecule has 1 aliphatic heterocycles. The fourth-order valence-corrected chi connectivity index (χ4v) is 1.49. The molecule has 0 aliphatic carbocycles. The summed E-state index contributed by atoms with van der Waals surface area (Å²) in [6.45, 7) is -0.755. The zero-order valence-electron chi connectivity index (χ0n) is 8.83. The first kappa shape index (κ1) is 15.1. The molecule has 0 radical (unpaired) electrons. The molecule has 10 heteroatoms. The predicted molar refractivity (Wildman–Crippen MR) is 48.0 cm³/mol. The lowest BCUT2D eigenvalue weighted by molar-refractivity contribution is -0.256. The first-order chi connectivity index (χ1) is 8.18. The molecule has 1 aliphatic rings. The molecule has 1 heterocycles. The number of ether oxygens (including phenoxy) is 1. The van der Waals surface area contributed by atoms with Crippen LogP contribution in [0, 0.1) is 0 Å². The van der Waals surface area contributed by atoms with E-state index in [1.54, 1.807) is 0 Å². The van der Waals surface area contributed by atoms with Crippen LogP contribution in [-0.2, 0) is 9.53 Å². The van der Waals surface area contributed by atoms with Gasteiger partial charge in [0.05, 0.1) is 6.61 Å². The lowest BCUT2D eigenvalue weighted by Crippen LogP contribution is -2.65. The number of carbonyl (C=O) groups excluding carboxylic acids is 1. The highest BCUT2D eigenvalue weighted by molar-refractivity contribution is 5.82. The standard InChI is InChI=1S/C8H12F3NO6/c9-8(10,11)7(17)12-3-5(15)4(14)2(1-13)18-6(3)16/h2-6,13-16H,1H2,(H,12,17)/t2-,3+,4+,5+,6-/m1/s1. The van der Waals surface area contributed by atoms with Crippen LogP contribution in [-0.4, -0.2) is 69.8 Å². The van der Waals surface area contributed by atoms with Crippen LogP contribution in [0.2, 0.25) is 0 Å². The Morgan fingerprint density at radius 1 is 1.22 bits per heavy atom. The summed E-state index contributed by atoms with van der Waals surface area (Å²) in [4.78, 5) is 10.6. The lowest BCUT2D eigenvalue weighted by Gasteiger charge is -2.40. The van der Waals surface area contributed by atoms with E-state index in [9.17, 15) is 33.3 Å². The number of rotatable bonds is 2. The van der Waals surface area contributed by atoms with Crippen LogP contribution in [0.1, 0.15) is 0 Å². The molecule has 5 N–H and O–H groups in total. The molecular formula is C8H12F3NO6. The fourth-order valence-electron chi connectivity index (χ4n) is 1.49. The number of aliphatic hydroxyl groups excluding tert-OH is 4. The van der Waals surface area contributed by atoms with Crippen molar-refractivity contribution in [3.8, 4) is 0 Å². The molecule has 1 saturated heterocycles. The minimum atomic E-state index is -5.20. The second-order valence-corrected chi connectivity index (χ2v) is 3.73. The topological polar surface area (TPSA) is 119 Å². The molecule has 18 heavy (non-hydrogen) atoms. The Kier molecular flexibility index (Phi) is 4.50. The third-order valence-electron chi connectivity index (χ3n) is 2.46. The van der Waals surface area contributed by atoms with Gasteiger partial charge in [-0.1, -0.05) is 0 Å². The minimum Gasteiger partial charge on any atom is -0.394 e. The van der Waals surface area contributed by atoms with E-state index in [0.717, 1.165) is 0 Å². The molecular weight excluding hydrogens is 263 g/mol. The highest BCUT2D eigenvalue weighted by Crippen LogP contribution is 2.21. The quantitative estimate of drug-likeness (QED) is 0.379. The van der Waals surface area contributed by atoms with Crippen LogP contribution >= 0.6 is 0 Å². The Morgan fingerprint density at radius 3 is 2.22 bits per heavy atom. The number of nitrogens with one attached hydrogen (secondary N) is 1. The Morgan fingerprint density at radius 2 is 1.78 bits per heavy atom. The van der Waals surface area contributed by atoms with E-state index in [4.69, 9.17) is 5.11 Å². The Hall–Kier alpha value is -0.940. The molecule has 0 aromatic carbocycles. The average Bonchev–Trinajstić information content (AvgIpc) is 2.27. The molecule has 1 fully saturated rings. The van der Waals surface area contributed by atoms with E-state index in [1.165, 1.54) is 5.32 Å². The van der Waals surface area contributed by atoms with Gasteiger partial charge < -0.3 is 30.5 Å². The third-order valence-corrected chi connectivity index (χ3v) is 2.46. The molecule has 0 aromatic heterocycles. The van der Waals surface area contributed by atoms with E-state index in [-0.39, 0.29) is 0 Å². The summed E-state index contributed by atoms with van der Waals surface area (Å²) in [5.74, 6) is -2.39. The van der Waals surface area contributed by atoms with Gasteiger partial charge in [0.1, 0.15) is 24.4 Å². The molecule has 0 saturated carbocycles. The number of amides is 1. The van der Waals surface area contributed by atoms with Crippen molar-refractivity contribution in [2.45, 2.75) is 36.8 Å². The van der Waals surface area contributed by atoms with Crippen molar-refractivity contribution in [2.75, 3.05) is 6.61 Å². The number of carbonyl (C=O) groups is 1. The summed E-state index contributed by atoms with van der Waals surface area (Å²) in [5, 5.41) is 38.1. The van der Waals surface area contributed by atoms with Gasteiger partial charge >= 0.3 is 12.1 Å². The van der Waals surface area contributed by atoms with Gasteiger partial charge in [-0.25, -0.2) is 0 Å². The molecule has 0 unspecified atom stereocenters. The third kappa shape index (κ3) is 3.09. The first-order valence-corrected chi connectivity index (χ1v) is 4.86. The summed E-state index contributed by atoms with van der Waals surface area (Å²) in [6, 6.07) is -1.85. The van der Waals surface area contributed by atoms with E-state index in [2.05, 4.69) is 4.74 Å². The number of hydrogen-bond acceptors (Lipinski definition) is 6. The monoisotopic (exact) mass is 275 g/mol. The van der Waals surface area contributed by atoms with Gasteiger partial charge in [0, 0.05) is 0 Å². The van der Waals surface area contributed by atoms with Crippen LogP contribution < -0.4 is 5.32 Å². The number of hydrogen-bond donors (Lipinski definition) is 5. The summed E-state index contributed by atoms with van der Waals surface area (Å²) in [6.07, 6.45) is -12.2. The zero-order chi connectivity index (χ0) is 14.1. The van der Waals surface area contributed by atoms with Crippen molar-refractivity contribution < 1.29 is 43.1 Å². The number of aliphatic hydroxyl groups is 4. The van der Waals surface area contributed by atoms with Crippen LogP contribution in [0.3, 0.4) is 0 Å². The summed E-state index contributed by atoms with van der Waals surface area (Å²) < 4.78 is 40.5. The average molecular weight is 275 g/mol. The largest absolute Gasteiger partial charge is 0.471 e. The number of alkyl halides is 3. The normalized spacial score (nSPS) is 37.4. The maximum Gasteiger partial charge on any atom is 0.471 e. The van der Waals surface area contributed by atoms with Crippen LogP contribution in [0.15, 0.2) is 0 Å². The van der Waals surface area contributed by atoms with Crippen molar-refractivity contribution in [3.63, 3.8) is 0 Å². The minimum absolute atomic E-state index is 0.755. The Balaban J connectivity index is 2.74. The molecule has 7 nitrogen and oxygen atoms in total. The van der Waals surface area contributed by atoms with E-state index < -0.39 is 49.3 Å². The van der Waals surface area contributed by atoms with Gasteiger partial charge in [-0.2, -0.15) is 13.2 Å². The van der Waals surface area contributed by atoms with Crippen LogP contribution in [0.5, 0.6) is 0 Å². The molecule has 5 atom stereocenters. The SMILES string of the molecule is O=C(N[C@H]1[C@H](O)[C@@H](O)[C@@H](CO)O[C@H]1O)C(F)(F)F. The second-order valence-electron chi connectivity index (χ2n) is 3.73. The number of halogens is 3. The van der Waals surface area contributed by atoms with Gasteiger partial charge in [-0.05, 0) is 0 Å². The Labute approximate surface area is 98.8 Å². The Bertz CT molecular complexity index is 312. The molecule has 0 aromatic rings. The lowest BCUT2D eigenvalue weighted by atomic mass is 9.97. The maximum atomic E-state index is 12.0. The molecule has 0 spiro atoms. The molecule has 1 rings (SSSR count). The van der Waals surface area contributed by atoms with Gasteiger partial charge in [0.15, 0.2) is 6.29 Å². The summed E-state index contributed by atoms with van der Waals surface area (Å²) in [5.41, 5.74) is 0. The predicted octanol–water partition coefficient (Wildman–Crippen LogP) is -2.54. The van der Waals surface area contributed by atoms with Crippen molar-refractivity contribution in [1.82, 2.24) is 5.32 Å². The van der Waals surface area contributed by atoms with Gasteiger partial charge in [-0.3, -0.25) is 4.79 Å². The van der Waals surface area contributed by atoms with Crippen molar-refractivity contribution >= 4 is 5.91 Å². The van der Waals surface area contributed by atoms with Crippen LogP contribution in [0.25, 0.3) is 0 Å². The second kappa shape index (κ2) is 5.36. The maximum absolute atomic E-state index is 12.0. The van der Waals surface area contributed by atoms with Crippen LogP contribution in [0.4, 0.5) is 13.2 Å².